The van der Waals surface area contributed by atoms with Crippen molar-refractivity contribution in [2.45, 2.75) is 39.0 Å². The number of anilines is 1. The molecule has 3 aromatic carbocycles. The molecule has 0 aliphatic heterocycles. The van der Waals surface area contributed by atoms with Gasteiger partial charge in [0.1, 0.15) is 11.3 Å². The zero-order valence-corrected chi connectivity index (χ0v) is 20.3. The highest BCUT2D eigenvalue weighted by Gasteiger charge is 2.16. The maximum atomic E-state index is 12.8. The van der Waals surface area contributed by atoms with Gasteiger partial charge in [0.25, 0.3) is 5.91 Å². The molecule has 0 bridgehead atoms. The van der Waals surface area contributed by atoms with E-state index >= 15 is 0 Å². The van der Waals surface area contributed by atoms with Gasteiger partial charge in [-0.3, -0.25) is 4.79 Å². The minimum Gasteiger partial charge on any atom is -0.483 e. The third kappa shape index (κ3) is 5.99. The summed E-state index contributed by atoms with van der Waals surface area (Å²) in [5, 5.41) is 0.862. The average Bonchev–Trinajstić information content (AvgIpc) is 2.89. The van der Waals surface area contributed by atoms with Crippen LogP contribution in [0.15, 0.2) is 88.1 Å². The number of fused-ring (bicyclic) bond motifs is 1. The van der Waals surface area contributed by atoms with E-state index in [1.165, 1.54) is 12.5 Å². The summed E-state index contributed by atoms with van der Waals surface area (Å²) in [5.41, 5.74) is 3.63. The van der Waals surface area contributed by atoms with Crippen molar-refractivity contribution in [3.8, 4) is 16.9 Å². The van der Waals surface area contributed by atoms with E-state index in [9.17, 15) is 9.59 Å². The summed E-state index contributed by atoms with van der Waals surface area (Å²) in [6, 6.07) is 24.6. The van der Waals surface area contributed by atoms with Crippen LogP contribution in [-0.4, -0.2) is 19.6 Å². The van der Waals surface area contributed by atoms with Gasteiger partial charge in [-0.15, -0.1) is 0 Å². The van der Waals surface area contributed by atoms with Crippen LogP contribution in [0.1, 0.15) is 38.2 Å². The minimum absolute atomic E-state index is 0.110. The SMILES string of the molecule is CCCCCCc1cc2c(-c3ccccc3)cc(=O)oc2cc1OCC(=O)N(C)c1ccccc1. The molecule has 0 saturated heterocycles. The Bertz CT molecular complexity index is 1330. The quantitative estimate of drug-likeness (QED) is 0.193. The normalized spacial score (nSPS) is 10.9. The third-order valence-electron chi connectivity index (χ3n) is 6.18. The Labute approximate surface area is 206 Å². The Hall–Kier alpha value is -3.86. The second kappa shape index (κ2) is 11.5. The maximum Gasteiger partial charge on any atom is 0.336 e. The molecule has 180 valence electrons. The van der Waals surface area contributed by atoms with Gasteiger partial charge < -0.3 is 14.1 Å². The van der Waals surface area contributed by atoms with Gasteiger partial charge >= 0.3 is 5.63 Å². The molecule has 0 atom stereocenters. The number of hydrogen-bond donors (Lipinski definition) is 0. The van der Waals surface area contributed by atoms with Crippen LogP contribution in [0.3, 0.4) is 0 Å². The van der Waals surface area contributed by atoms with E-state index in [0.717, 1.165) is 53.4 Å². The molecule has 0 aliphatic rings. The van der Waals surface area contributed by atoms with Crippen LogP contribution in [0.25, 0.3) is 22.1 Å². The minimum atomic E-state index is -0.419. The van der Waals surface area contributed by atoms with Crippen molar-refractivity contribution in [3.05, 3.63) is 94.8 Å². The Kier molecular flexibility index (Phi) is 7.99. The second-order valence-electron chi connectivity index (χ2n) is 8.69. The summed E-state index contributed by atoms with van der Waals surface area (Å²) in [7, 11) is 1.73. The number of rotatable bonds is 10. The molecular weight excluding hydrogens is 438 g/mol. The monoisotopic (exact) mass is 469 g/mol. The first-order chi connectivity index (χ1) is 17.1. The van der Waals surface area contributed by atoms with Crippen LogP contribution in [0.4, 0.5) is 5.69 Å². The highest BCUT2D eigenvalue weighted by atomic mass is 16.5. The Morgan fingerprint density at radius 3 is 2.34 bits per heavy atom. The summed E-state index contributed by atoms with van der Waals surface area (Å²) in [6.07, 6.45) is 5.30. The lowest BCUT2D eigenvalue weighted by Crippen LogP contribution is -2.31. The number of likely N-dealkylation sites (N-methyl/N-ethyl adjacent to an activating group) is 1. The van der Waals surface area contributed by atoms with E-state index in [0.29, 0.717) is 11.3 Å². The average molecular weight is 470 g/mol. The maximum absolute atomic E-state index is 12.8. The fourth-order valence-corrected chi connectivity index (χ4v) is 4.19. The van der Waals surface area contributed by atoms with Gasteiger partial charge in [0, 0.05) is 30.3 Å². The van der Waals surface area contributed by atoms with Crippen LogP contribution in [0.2, 0.25) is 0 Å². The predicted molar refractivity (Wildman–Crippen MR) is 141 cm³/mol. The van der Waals surface area contributed by atoms with Crippen molar-refractivity contribution >= 4 is 22.6 Å². The second-order valence-corrected chi connectivity index (χ2v) is 8.69. The van der Waals surface area contributed by atoms with Crippen molar-refractivity contribution in [3.63, 3.8) is 0 Å². The van der Waals surface area contributed by atoms with Gasteiger partial charge in [-0.1, -0.05) is 74.7 Å². The fourth-order valence-electron chi connectivity index (χ4n) is 4.19. The molecule has 5 nitrogen and oxygen atoms in total. The van der Waals surface area contributed by atoms with Gasteiger partial charge in [0.2, 0.25) is 0 Å². The Balaban J connectivity index is 1.66. The van der Waals surface area contributed by atoms with Crippen molar-refractivity contribution < 1.29 is 13.9 Å². The van der Waals surface area contributed by atoms with Gasteiger partial charge in [-0.25, -0.2) is 4.79 Å². The number of aryl methyl sites for hydroxylation is 1. The van der Waals surface area contributed by atoms with E-state index in [1.807, 2.05) is 66.7 Å². The highest BCUT2D eigenvalue weighted by molar-refractivity contribution is 5.95. The first-order valence-electron chi connectivity index (χ1n) is 12.2. The van der Waals surface area contributed by atoms with E-state index in [2.05, 4.69) is 6.92 Å². The topological polar surface area (TPSA) is 59.8 Å². The number of carbonyl (C=O) groups is 1. The molecule has 1 amide bonds. The van der Waals surface area contributed by atoms with E-state index in [-0.39, 0.29) is 12.5 Å². The summed E-state index contributed by atoms with van der Waals surface area (Å²) in [5.74, 6) is 0.421. The van der Waals surface area contributed by atoms with Crippen LogP contribution >= 0.6 is 0 Å². The van der Waals surface area contributed by atoms with Crippen molar-refractivity contribution in [2.75, 3.05) is 18.6 Å². The lowest BCUT2D eigenvalue weighted by molar-refractivity contribution is -0.120. The molecule has 35 heavy (non-hydrogen) atoms. The molecule has 5 heteroatoms. The lowest BCUT2D eigenvalue weighted by atomic mass is 9.98. The molecule has 0 saturated carbocycles. The van der Waals surface area contributed by atoms with Crippen molar-refractivity contribution in [1.82, 2.24) is 0 Å². The molecule has 0 aliphatic carbocycles. The standard InChI is InChI=1S/C30H31NO4/c1-3-4-5-8-15-23-18-26-25(22-13-9-6-10-14-22)19-30(33)35-28(26)20-27(23)34-21-29(32)31(2)24-16-11-7-12-17-24/h6-7,9-14,16-20H,3-5,8,15,21H2,1-2H3. The Morgan fingerprint density at radius 2 is 1.63 bits per heavy atom. The molecule has 1 heterocycles. The van der Waals surface area contributed by atoms with E-state index in [1.54, 1.807) is 18.0 Å². The zero-order chi connectivity index (χ0) is 24.6. The first kappa shape index (κ1) is 24.3. The summed E-state index contributed by atoms with van der Waals surface area (Å²) < 4.78 is 11.6. The molecule has 0 radical (unpaired) electrons. The van der Waals surface area contributed by atoms with Crippen LogP contribution in [0.5, 0.6) is 5.75 Å². The van der Waals surface area contributed by atoms with Crippen molar-refractivity contribution in [1.29, 1.82) is 0 Å². The van der Waals surface area contributed by atoms with Crippen LogP contribution < -0.4 is 15.3 Å². The number of nitrogens with zero attached hydrogens (tertiary/aromatic N) is 1. The number of unbranched alkanes of at least 4 members (excludes halogenated alkanes) is 3. The predicted octanol–water partition coefficient (Wildman–Crippen LogP) is 6.62. The number of para-hydroxylation sites is 1. The first-order valence-corrected chi connectivity index (χ1v) is 12.2. The van der Waals surface area contributed by atoms with Gasteiger partial charge in [0.15, 0.2) is 6.61 Å². The number of benzene rings is 3. The van der Waals surface area contributed by atoms with Gasteiger partial charge in [-0.2, -0.15) is 0 Å². The molecule has 0 fully saturated rings. The van der Waals surface area contributed by atoms with Gasteiger partial charge in [0.05, 0.1) is 0 Å². The Morgan fingerprint density at radius 1 is 0.914 bits per heavy atom. The van der Waals surface area contributed by atoms with Crippen LogP contribution in [0, 0.1) is 0 Å². The summed E-state index contributed by atoms with van der Waals surface area (Å²) in [6.45, 7) is 2.08. The number of amides is 1. The number of ether oxygens (including phenoxy) is 1. The molecule has 4 aromatic rings. The van der Waals surface area contributed by atoms with Crippen molar-refractivity contribution in [2.24, 2.45) is 0 Å². The largest absolute Gasteiger partial charge is 0.483 e. The van der Waals surface area contributed by atoms with Crippen LogP contribution in [-0.2, 0) is 11.2 Å². The number of hydrogen-bond acceptors (Lipinski definition) is 4. The number of carbonyl (C=O) groups excluding carboxylic acids is 1. The molecule has 0 unspecified atom stereocenters. The highest BCUT2D eigenvalue weighted by Crippen LogP contribution is 2.33. The molecule has 1 aromatic heterocycles. The molecular formula is C30H31NO4. The third-order valence-corrected chi connectivity index (χ3v) is 6.18. The van der Waals surface area contributed by atoms with Gasteiger partial charge in [-0.05, 0) is 47.7 Å². The molecule has 0 N–H and O–H groups in total. The smallest absolute Gasteiger partial charge is 0.336 e. The lowest BCUT2D eigenvalue weighted by Gasteiger charge is -2.19. The fraction of sp³-hybridized carbons (Fsp3) is 0.267. The van der Waals surface area contributed by atoms with E-state index < -0.39 is 5.63 Å². The summed E-state index contributed by atoms with van der Waals surface area (Å²) in [4.78, 5) is 26.8. The van der Waals surface area contributed by atoms with E-state index in [4.69, 9.17) is 9.15 Å². The summed E-state index contributed by atoms with van der Waals surface area (Å²) >= 11 is 0. The molecule has 0 spiro atoms. The molecule has 4 rings (SSSR count). The zero-order valence-electron chi connectivity index (χ0n) is 20.3.